The molecule has 0 radical (unpaired) electrons. The van der Waals surface area contributed by atoms with Gasteiger partial charge in [-0.05, 0) is 31.0 Å². The number of sulfonamides is 1. The average molecular weight is 344 g/mol. The number of rotatable bonds is 11. The van der Waals surface area contributed by atoms with Crippen LogP contribution in [0.25, 0.3) is 0 Å². The molecule has 4 N–H and O–H groups in total. The second-order valence-electron chi connectivity index (χ2n) is 5.12. The van der Waals surface area contributed by atoms with Crippen LogP contribution >= 0.6 is 0 Å². The molecule has 0 unspecified atom stereocenters. The second kappa shape index (κ2) is 9.49. The summed E-state index contributed by atoms with van der Waals surface area (Å²) in [4.78, 5) is 11.3. The summed E-state index contributed by atoms with van der Waals surface area (Å²) in [6, 6.07) is 3.95. The topological polar surface area (TPSA) is 116 Å². The van der Waals surface area contributed by atoms with Gasteiger partial charge >= 0.3 is 5.97 Å². The van der Waals surface area contributed by atoms with Gasteiger partial charge in [0.05, 0.1) is 10.5 Å². The minimum atomic E-state index is -3.72. The summed E-state index contributed by atoms with van der Waals surface area (Å²) in [5, 5.41) is 20.9. The van der Waals surface area contributed by atoms with Crippen molar-refractivity contribution < 1.29 is 23.4 Å². The van der Waals surface area contributed by atoms with Gasteiger partial charge in [0, 0.05) is 25.4 Å². The lowest BCUT2D eigenvalue weighted by Gasteiger charge is -2.12. The Labute approximate surface area is 136 Å². The molecular formula is C15H24N2O5S. The molecular weight excluding hydrogens is 320 g/mol. The molecule has 0 aliphatic heterocycles. The number of aromatic carboxylic acids is 1. The van der Waals surface area contributed by atoms with Crippen molar-refractivity contribution in [3.8, 4) is 0 Å². The number of nitrogens with one attached hydrogen (secondary N) is 2. The quantitative estimate of drug-likeness (QED) is 0.454. The van der Waals surface area contributed by atoms with Crippen molar-refractivity contribution in [2.45, 2.75) is 37.5 Å². The number of anilines is 1. The first kappa shape index (κ1) is 19.4. The van der Waals surface area contributed by atoms with E-state index < -0.39 is 16.0 Å². The monoisotopic (exact) mass is 344 g/mol. The van der Waals surface area contributed by atoms with Crippen molar-refractivity contribution in [2.24, 2.45) is 0 Å². The first-order valence-electron chi connectivity index (χ1n) is 7.64. The summed E-state index contributed by atoms with van der Waals surface area (Å²) in [5.74, 6) is -1.21. The molecule has 8 heteroatoms. The Kier molecular flexibility index (Phi) is 8.01. The molecule has 0 aromatic heterocycles. The summed E-state index contributed by atoms with van der Waals surface area (Å²) in [5.41, 5.74) is 0.218. The molecule has 0 fully saturated rings. The van der Waals surface area contributed by atoms with Crippen LogP contribution in [0.2, 0.25) is 0 Å². The highest BCUT2D eigenvalue weighted by Gasteiger charge is 2.18. The molecule has 0 spiro atoms. The molecule has 130 valence electrons. The number of carboxylic acids is 1. The predicted octanol–water partition coefficient (Wildman–Crippen LogP) is 1.65. The van der Waals surface area contributed by atoms with E-state index in [1.54, 1.807) is 0 Å². The zero-order chi connectivity index (χ0) is 17.3. The number of carboxylic acid groups (broad SMARTS) is 1. The van der Waals surface area contributed by atoms with Gasteiger partial charge in [-0.1, -0.05) is 19.8 Å². The van der Waals surface area contributed by atoms with Gasteiger partial charge in [-0.15, -0.1) is 0 Å². The third-order valence-electron chi connectivity index (χ3n) is 3.25. The highest BCUT2D eigenvalue weighted by Crippen LogP contribution is 2.21. The molecule has 0 heterocycles. The molecule has 23 heavy (non-hydrogen) atoms. The Balaban J connectivity index is 2.91. The van der Waals surface area contributed by atoms with Crippen molar-refractivity contribution in [2.75, 3.05) is 25.0 Å². The number of hydrogen-bond donors (Lipinski definition) is 4. The normalized spacial score (nSPS) is 11.4. The average Bonchev–Trinajstić information content (AvgIpc) is 2.52. The van der Waals surface area contributed by atoms with Gasteiger partial charge in [0.15, 0.2) is 0 Å². The summed E-state index contributed by atoms with van der Waals surface area (Å²) < 4.78 is 26.8. The first-order chi connectivity index (χ1) is 10.9. The van der Waals surface area contributed by atoms with Crippen LogP contribution in [0, 0.1) is 0 Å². The maximum atomic E-state index is 12.2. The van der Waals surface area contributed by atoms with Gasteiger partial charge in [-0.25, -0.2) is 17.9 Å². The number of aliphatic hydroxyl groups is 1. The molecule has 0 saturated heterocycles. The molecule has 0 amide bonds. The van der Waals surface area contributed by atoms with Crippen LogP contribution in [-0.4, -0.2) is 44.3 Å². The molecule has 1 rings (SSSR count). The number of carbonyl (C=O) groups is 1. The highest BCUT2D eigenvalue weighted by atomic mass is 32.2. The Morgan fingerprint density at radius 1 is 1.17 bits per heavy atom. The Morgan fingerprint density at radius 2 is 1.91 bits per heavy atom. The zero-order valence-electron chi connectivity index (χ0n) is 13.2. The number of benzene rings is 1. The smallest absolute Gasteiger partial charge is 0.337 e. The largest absolute Gasteiger partial charge is 0.478 e. The molecule has 0 bridgehead atoms. The molecule has 0 atom stereocenters. The standard InChI is InChI=1S/C15H24N2O5S/c1-2-3-4-9-17-23(21,22)12-6-7-14(16-8-5-10-18)13(11-12)15(19)20/h6-7,11,16-18H,2-5,8-10H2,1H3,(H,19,20). The fourth-order valence-corrected chi connectivity index (χ4v) is 3.09. The van der Waals surface area contributed by atoms with Crippen molar-refractivity contribution >= 4 is 21.7 Å². The van der Waals surface area contributed by atoms with E-state index in [-0.39, 0.29) is 17.1 Å². The highest BCUT2D eigenvalue weighted by molar-refractivity contribution is 7.89. The lowest BCUT2D eigenvalue weighted by atomic mass is 10.2. The van der Waals surface area contributed by atoms with Gasteiger partial charge in [-0.3, -0.25) is 0 Å². The van der Waals surface area contributed by atoms with E-state index >= 15 is 0 Å². The van der Waals surface area contributed by atoms with E-state index in [1.165, 1.54) is 12.1 Å². The van der Waals surface area contributed by atoms with Gasteiger partial charge in [0.25, 0.3) is 0 Å². The van der Waals surface area contributed by atoms with Crippen LogP contribution in [0.5, 0.6) is 0 Å². The van der Waals surface area contributed by atoms with Crippen LogP contribution in [0.1, 0.15) is 43.0 Å². The Hall–Kier alpha value is -1.64. The predicted molar refractivity (Wildman–Crippen MR) is 88.3 cm³/mol. The first-order valence-corrected chi connectivity index (χ1v) is 9.12. The van der Waals surface area contributed by atoms with Crippen LogP contribution in [0.4, 0.5) is 5.69 Å². The van der Waals surface area contributed by atoms with Crippen LogP contribution in [-0.2, 0) is 10.0 Å². The molecule has 1 aromatic rings. The van der Waals surface area contributed by atoms with Gasteiger partial charge in [-0.2, -0.15) is 0 Å². The molecule has 0 saturated carbocycles. The third kappa shape index (κ3) is 6.17. The van der Waals surface area contributed by atoms with Crippen LogP contribution in [0.15, 0.2) is 23.1 Å². The summed E-state index contributed by atoms with van der Waals surface area (Å²) >= 11 is 0. The minimum absolute atomic E-state index is 0.0104. The van der Waals surface area contributed by atoms with Gasteiger partial charge < -0.3 is 15.5 Å². The second-order valence-corrected chi connectivity index (χ2v) is 6.89. The fourth-order valence-electron chi connectivity index (χ4n) is 1.99. The molecule has 0 aliphatic carbocycles. The van der Waals surface area contributed by atoms with Gasteiger partial charge in [0.1, 0.15) is 0 Å². The molecule has 1 aromatic carbocycles. The van der Waals surface area contributed by atoms with Crippen molar-refractivity contribution in [3.63, 3.8) is 0 Å². The maximum absolute atomic E-state index is 12.2. The van der Waals surface area contributed by atoms with E-state index in [0.717, 1.165) is 25.3 Å². The third-order valence-corrected chi connectivity index (χ3v) is 4.71. The van der Waals surface area contributed by atoms with E-state index in [0.29, 0.717) is 25.2 Å². The Bertz CT molecular complexity index is 616. The Morgan fingerprint density at radius 3 is 2.52 bits per heavy atom. The number of unbranched alkanes of at least 4 members (excludes halogenated alkanes) is 2. The lowest BCUT2D eigenvalue weighted by Crippen LogP contribution is -2.25. The van der Waals surface area contributed by atoms with E-state index in [1.807, 2.05) is 6.92 Å². The van der Waals surface area contributed by atoms with E-state index in [2.05, 4.69) is 10.0 Å². The van der Waals surface area contributed by atoms with Crippen molar-refractivity contribution in [3.05, 3.63) is 23.8 Å². The van der Waals surface area contributed by atoms with Crippen molar-refractivity contribution in [1.29, 1.82) is 0 Å². The maximum Gasteiger partial charge on any atom is 0.337 e. The van der Waals surface area contributed by atoms with Crippen LogP contribution < -0.4 is 10.0 Å². The molecule has 0 aliphatic rings. The zero-order valence-corrected chi connectivity index (χ0v) is 14.0. The van der Waals surface area contributed by atoms with Gasteiger partial charge in [0.2, 0.25) is 10.0 Å². The van der Waals surface area contributed by atoms with E-state index in [4.69, 9.17) is 5.11 Å². The minimum Gasteiger partial charge on any atom is -0.478 e. The summed E-state index contributed by atoms with van der Waals surface area (Å²) in [7, 11) is -3.72. The lowest BCUT2D eigenvalue weighted by molar-refractivity contribution is 0.0697. The fraction of sp³-hybridized carbons (Fsp3) is 0.533. The molecule has 7 nitrogen and oxygen atoms in total. The SMILES string of the molecule is CCCCCNS(=O)(=O)c1ccc(NCCCO)c(C(=O)O)c1. The van der Waals surface area contributed by atoms with Crippen LogP contribution in [0.3, 0.4) is 0 Å². The summed E-state index contributed by atoms with van der Waals surface area (Å²) in [6.07, 6.45) is 3.12. The number of hydrogen-bond acceptors (Lipinski definition) is 5. The summed E-state index contributed by atoms with van der Waals surface area (Å²) in [6.45, 7) is 2.74. The number of aliphatic hydroxyl groups excluding tert-OH is 1. The van der Waals surface area contributed by atoms with Crippen molar-refractivity contribution in [1.82, 2.24) is 4.72 Å². The van der Waals surface area contributed by atoms with E-state index in [9.17, 15) is 18.3 Å².